The van der Waals surface area contributed by atoms with Gasteiger partial charge in [0.1, 0.15) is 0 Å². The molecule has 1 aliphatic rings. The molecule has 0 aromatic heterocycles. The molecule has 0 saturated carbocycles. The Hall–Kier alpha value is -2.87. The molecule has 1 saturated heterocycles. The first-order chi connectivity index (χ1) is 13.9. The first-order valence-electron chi connectivity index (χ1n) is 9.60. The molecule has 2 aromatic carbocycles. The van der Waals surface area contributed by atoms with E-state index in [2.05, 4.69) is 0 Å². The maximum Gasteiger partial charge on any atom is 0.497 e. The average Bonchev–Trinajstić information content (AvgIpc) is 2.85. The molecule has 160 valence electrons. The Kier molecular flexibility index (Phi) is 5.41. The van der Waals surface area contributed by atoms with Crippen molar-refractivity contribution in [3.63, 3.8) is 0 Å². The van der Waals surface area contributed by atoms with Crippen molar-refractivity contribution < 1.29 is 22.8 Å². The summed E-state index contributed by atoms with van der Waals surface area (Å²) in [7, 11) is 0. The molecule has 2 unspecified atom stereocenters. The number of benzene rings is 2. The van der Waals surface area contributed by atoms with Crippen LogP contribution >= 0.6 is 0 Å². The van der Waals surface area contributed by atoms with Crippen LogP contribution in [-0.4, -0.2) is 30.7 Å². The van der Waals surface area contributed by atoms with Crippen LogP contribution in [0.5, 0.6) is 0 Å². The van der Waals surface area contributed by atoms with Gasteiger partial charge in [0.05, 0.1) is 11.7 Å². The summed E-state index contributed by atoms with van der Waals surface area (Å²) < 4.78 is 38.6. The fourth-order valence-electron chi connectivity index (χ4n) is 4.33. The van der Waals surface area contributed by atoms with Crippen molar-refractivity contribution in [1.29, 1.82) is 5.41 Å². The Morgan fingerprint density at radius 3 is 1.97 bits per heavy atom. The van der Waals surface area contributed by atoms with Gasteiger partial charge in [-0.1, -0.05) is 36.4 Å². The van der Waals surface area contributed by atoms with E-state index in [0.717, 1.165) is 16.8 Å². The molecule has 0 radical (unpaired) electrons. The fraction of sp³-hybridized carbons (Fsp3) is 0.364. The predicted octanol–water partition coefficient (Wildman–Crippen LogP) is 5.09. The number of hydroxylamine groups is 2. The third-order valence-electron chi connectivity index (χ3n) is 5.48. The molecule has 0 amide bonds. The summed E-state index contributed by atoms with van der Waals surface area (Å²) in [5.41, 5.74) is 4.17. The zero-order valence-electron chi connectivity index (χ0n) is 17.6. The molecule has 0 bridgehead atoms. The van der Waals surface area contributed by atoms with E-state index < -0.39 is 16.8 Å². The first-order valence-corrected chi connectivity index (χ1v) is 9.60. The molecule has 5 nitrogen and oxygen atoms in total. The minimum atomic E-state index is -5.17. The summed E-state index contributed by atoms with van der Waals surface area (Å²) in [6, 6.07) is 10.5. The second-order valence-corrected chi connectivity index (χ2v) is 7.82. The molecule has 2 atom stereocenters. The van der Waals surface area contributed by atoms with E-state index in [1.54, 1.807) is 36.9 Å². The third-order valence-corrected chi connectivity index (χ3v) is 5.48. The molecule has 0 spiro atoms. The minimum Gasteiger partial charge on any atom is -0.268 e. The number of para-hydroxylation sites is 2. The largest absolute Gasteiger partial charge is 0.497 e. The zero-order chi connectivity index (χ0) is 22.4. The molecule has 3 rings (SSSR count). The number of guanidine groups is 1. The van der Waals surface area contributed by atoms with Crippen molar-refractivity contribution in [3.8, 4) is 0 Å². The van der Waals surface area contributed by atoms with Gasteiger partial charge in [-0.15, -0.1) is 0 Å². The average molecular weight is 420 g/mol. The monoisotopic (exact) mass is 420 g/mol. The van der Waals surface area contributed by atoms with E-state index in [0.29, 0.717) is 16.8 Å². The van der Waals surface area contributed by atoms with E-state index in [-0.39, 0.29) is 18.5 Å². The highest BCUT2D eigenvalue weighted by Crippen LogP contribution is 2.41. The van der Waals surface area contributed by atoms with Crippen LogP contribution in [0.1, 0.15) is 29.2 Å². The molecule has 1 N–H and O–H groups in total. The summed E-state index contributed by atoms with van der Waals surface area (Å²) in [5, 5.41) is 8.95. The van der Waals surface area contributed by atoms with E-state index >= 15 is 0 Å². The quantitative estimate of drug-likeness (QED) is 0.704. The number of carbonyl (C=O) groups is 1. The van der Waals surface area contributed by atoms with Crippen molar-refractivity contribution >= 4 is 23.3 Å². The molecule has 1 heterocycles. The second kappa shape index (κ2) is 7.43. The standard InChI is InChI=1S/C22H25F3N3O2/c1-13-8-6-9-14(2)18(13)27-17(5)12-28(21(27)26,30-20(29)22(23,24)25)19-15(3)10-7-11-16(19)4/h6-11,17,26H,12H2,1-5H3/q+1. The Morgan fingerprint density at radius 1 is 1.03 bits per heavy atom. The van der Waals surface area contributed by atoms with Gasteiger partial charge in [0.15, 0.2) is 12.2 Å². The zero-order valence-corrected chi connectivity index (χ0v) is 17.6. The van der Waals surface area contributed by atoms with Gasteiger partial charge in [-0.3, -0.25) is 9.74 Å². The highest BCUT2D eigenvalue weighted by molar-refractivity contribution is 6.06. The number of alkyl halides is 3. The highest BCUT2D eigenvalue weighted by atomic mass is 19.4. The first kappa shape index (κ1) is 21.8. The molecular weight excluding hydrogens is 395 g/mol. The molecule has 8 heteroatoms. The maximum absolute atomic E-state index is 13.2. The number of nitrogens with zero attached hydrogens (tertiary/aromatic N) is 2. The van der Waals surface area contributed by atoms with Gasteiger partial charge in [-0.25, -0.2) is 10.2 Å². The molecule has 30 heavy (non-hydrogen) atoms. The Balaban J connectivity index is 2.24. The number of quaternary nitrogens is 1. The molecular formula is C22H25F3N3O2+. The number of aryl methyl sites for hydroxylation is 4. The normalized spacial score (nSPS) is 21.8. The van der Waals surface area contributed by atoms with Gasteiger partial charge in [0.2, 0.25) is 0 Å². The second-order valence-electron chi connectivity index (χ2n) is 7.82. The van der Waals surface area contributed by atoms with Crippen molar-refractivity contribution in [2.24, 2.45) is 0 Å². The molecule has 1 aliphatic heterocycles. The summed E-state index contributed by atoms with van der Waals surface area (Å²) in [6.45, 7) is 9.05. The number of hydrogen-bond donors (Lipinski definition) is 1. The Bertz CT molecular complexity index is 979. The molecule has 2 aromatic rings. The van der Waals surface area contributed by atoms with E-state index in [9.17, 15) is 18.0 Å². The lowest BCUT2D eigenvalue weighted by atomic mass is 10.1. The van der Waals surface area contributed by atoms with Crippen molar-refractivity contribution in [2.75, 3.05) is 11.4 Å². The minimum absolute atomic E-state index is 0.0138. The van der Waals surface area contributed by atoms with Crippen LogP contribution in [-0.2, 0) is 9.63 Å². The van der Waals surface area contributed by atoms with Gasteiger partial charge in [-0.2, -0.15) is 13.2 Å². The van der Waals surface area contributed by atoms with Crippen LogP contribution in [0.25, 0.3) is 0 Å². The van der Waals surface area contributed by atoms with Crippen molar-refractivity contribution in [3.05, 3.63) is 58.7 Å². The summed E-state index contributed by atoms with van der Waals surface area (Å²) in [6.07, 6.45) is -5.17. The van der Waals surface area contributed by atoms with Crippen LogP contribution in [0.2, 0.25) is 0 Å². The smallest absolute Gasteiger partial charge is 0.268 e. The van der Waals surface area contributed by atoms with Gasteiger partial charge in [0, 0.05) is 11.1 Å². The molecule has 0 aliphatic carbocycles. The number of nitrogens with one attached hydrogen (secondary N) is 1. The Morgan fingerprint density at radius 2 is 1.50 bits per heavy atom. The fourth-order valence-corrected chi connectivity index (χ4v) is 4.33. The van der Waals surface area contributed by atoms with E-state index in [1.807, 2.05) is 39.0 Å². The Labute approximate surface area is 173 Å². The van der Waals surface area contributed by atoms with Crippen molar-refractivity contribution in [2.45, 2.75) is 46.8 Å². The maximum atomic E-state index is 13.2. The lowest BCUT2D eigenvalue weighted by Crippen LogP contribution is -2.56. The van der Waals surface area contributed by atoms with Crippen LogP contribution in [0.4, 0.5) is 24.5 Å². The van der Waals surface area contributed by atoms with Gasteiger partial charge < -0.3 is 0 Å². The van der Waals surface area contributed by atoms with Gasteiger partial charge in [-0.05, 0) is 50.4 Å². The summed E-state index contributed by atoms with van der Waals surface area (Å²) in [5.74, 6) is -2.54. The number of hydrogen-bond acceptors (Lipinski definition) is 3. The van der Waals surface area contributed by atoms with Crippen LogP contribution < -0.4 is 9.55 Å². The molecule has 1 fully saturated rings. The summed E-state index contributed by atoms with van der Waals surface area (Å²) >= 11 is 0. The summed E-state index contributed by atoms with van der Waals surface area (Å²) in [4.78, 5) is 18.8. The van der Waals surface area contributed by atoms with Gasteiger partial charge in [0.25, 0.3) is 0 Å². The van der Waals surface area contributed by atoms with Gasteiger partial charge >= 0.3 is 18.1 Å². The lowest BCUT2D eigenvalue weighted by Gasteiger charge is -2.31. The van der Waals surface area contributed by atoms with Crippen LogP contribution in [0, 0.1) is 33.1 Å². The van der Waals surface area contributed by atoms with Crippen LogP contribution in [0.3, 0.4) is 0 Å². The predicted molar refractivity (Wildman–Crippen MR) is 110 cm³/mol. The van der Waals surface area contributed by atoms with Crippen LogP contribution in [0.15, 0.2) is 36.4 Å². The topological polar surface area (TPSA) is 53.4 Å². The third kappa shape index (κ3) is 3.45. The number of halogens is 3. The van der Waals surface area contributed by atoms with E-state index in [4.69, 9.17) is 10.2 Å². The number of carbonyl (C=O) groups excluding carboxylic acids is 1. The number of anilines is 1. The lowest BCUT2D eigenvalue weighted by molar-refractivity contribution is -0.222. The van der Waals surface area contributed by atoms with E-state index in [1.165, 1.54) is 0 Å². The van der Waals surface area contributed by atoms with Crippen molar-refractivity contribution in [1.82, 2.24) is 4.65 Å². The number of rotatable bonds is 3. The SMILES string of the molecule is Cc1cccc(C)c1N1C(=N)[N+](OC(=O)C(F)(F)F)(c2c(C)cccc2C)CC1C. The highest BCUT2D eigenvalue weighted by Gasteiger charge is 2.59.